The number of non-ortho nitro benzene ring substituents is 1. The van der Waals surface area contributed by atoms with Crippen LogP contribution in [0.1, 0.15) is 37.4 Å². The number of alkyl halides is 2. The van der Waals surface area contributed by atoms with Gasteiger partial charge in [-0.05, 0) is 30.5 Å². The lowest BCUT2D eigenvalue weighted by molar-refractivity contribution is -0.384. The number of halogens is 2. The smallest absolute Gasteiger partial charge is 0.322 e. The molecule has 0 saturated carbocycles. The van der Waals surface area contributed by atoms with Gasteiger partial charge in [0.2, 0.25) is 0 Å². The number of rotatable bonds is 15. The van der Waals surface area contributed by atoms with Crippen LogP contribution in [0.3, 0.4) is 0 Å². The fourth-order valence-corrected chi connectivity index (χ4v) is 2.76. The zero-order chi connectivity index (χ0) is 30.1. The van der Waals surface area contributed by atoms with Crippen molar-refractivity contribution in [2.75, 3.05) is 13.2 Å². The SMILES string of the molecule is N=C(N)NCCC[C@H](N)C(=O)OC[C@@H](NC(=O)C(Cl)Cl)[C@H](O)c1ccc([N+](=O)[O-])cc1.O=C(O)CCC(=O)O. The third-order valence-electron chi connectivity index (χ3n) is 4.62. The second-order valence-electron chi connectivity index (χ2n) is 7.72. The molecule has 39 heavy (non-hydrogen) atoms. The van der Waals surface area contributed by atoms with Crippen molar-refractivity contribution in [1.29, 1.82) is 5.41 Å². The van der Waals surface area contributed by atoms with Gasteiger partial charge >= 0.3 is 17.9 Å². The Balaban J connectivity index is 0.00000156. The van der Waals surface area contributed by atoms with E-state index in [0.717, 1.165) is 0 Å². The lowest BCUT2D eigenvalue weighted by Gasteiger charge is -2.25. The molecule has 1 rings (SSSR count). The molecule has 0 bridgehead atoms. The molecule has 0 saturated heterocycles. The number of nitrogens with one attached hydrogen (secondary N) is 3. The molecule has 0 spiro atoms. The molecule has 18 heteroatoms. The van der Waals surface area contributed by atoms with Crippen molar-refractivity contribution < 1.29 is 44.2 Å². The number of hydrogen-bond donors (Lipinski definition) is 8. The van der Waals surface area contributed by atoms with Crippen molar-refractivity contribution in [3.05, 3.63) is 39.9 Å². The minimum absolute atomic E-state index is 0.185. The van der Waals surface area contributed by atoms with Gasteiger partial charge in [0, 0.05) is 18.7 Å². The second-order valence-corrected chi connectivity index (χ2v) is 8.81. The van der Waals surface area contributed by atoms with E-state index in [-0.39, 0.29) is 36.5 Å². The summed E-state index contributed by atoms with van der Waals surface area (Å²) in [4.78, 5) is 52.0. The van der Waals surface area contributed by atoms with Gasteiger partial charge in [-0.3, -0.25) is 34.7 Å². The van der Waals surface area contributed by atoms with E-state index in [9.17, 15) is 34.4 Å². The predicted molar refractivity (Wildman–Crippen MR) is 138 cm³/mol. The predicted octanol–water partition coefficient (Wildman–Crippen LogP) is -0.0137. The Bertz CT molecular complexity index is 982. The van der Waals surface area contributed by atoms with Gasteiger partial charge in [-0.2, -0.15) is 0 Å². The van der Waals surface area contributed by atoms with E-state index < -0.39 is 58.4 Å². The maximum Gasteiger partial charge on any atom is 0.322 e. The molecule has 1 amide bonds. The van der Waals surface area contributed by atoms with E-state index in [4.69, 9.17) is 55.0 Å². The number of nitro benzene ring substituents is 1. The van der Waals surface area contributed by atoms with Crippen molar-refractivity contribution in [2.45, 2.75) is 48.7 Å². The van der Waals surface area contributed by atoms with E-state index in [1.165, 1.54) is 24.3 Å². The number of aliphatic hydroxyl groups is 1. The Labute approximate surface area is 232 Å². The number of hydrogen-bond acceptors (Lipinski definition) is 10. The van der Waals surface area contributed by atoms with Crippen LogP contribution in [0.4, 0.5) is 5.69 Å². The van der Waals surface area contributed by atoms with Crippen molar-refractivity contribution in [1.82, 2.24) is 10.6 Å². The van der Waals surface area contributed by atoms with Crippen molar-refractivity contribution in [2.24, 2.45) is 11.5 Å². The molecule has 0 unspecified atom stereocenters. The van der Waals surface area contributed by atoms with Gasteiger partial charge in [0.15, 0.2) is 10.8 Å². The summed E-state index contributed by atoms with van der Waals surface area (Å²) < 4.78 is 5.11. The van der Waals surface area contributed by atoms with Crippen LogP contribution in [0.5, 0.6) is 0 Å². The highest BCUT2D eigenvalue weighted by Gasteiger charge is 2.28. The van der Waals surface area contributed by atoms with E-state index in [2.05, 4.69) is 10.6 Å². The number of carboxylic acids is 2. The third-order valence-corrected chi connectivity index (χ3v) is 5.02. The lowest BCUT2D eigenvalue weighted by Crippen LogP contribution is -2.46. The largest absolute Gasteiger partial charge is 0.481 e. The molecule has 218 valence electrons. The zero-order valence-corrected chi connectivity index (χ0v) is 21.9. The normalized spacial score (nSPS) is 12.6. The van der Waals surface area contributed by atoms with E-state index in [1.807, 2.05) is 0 Å². The fourth-order valence-electron chi connectivity index (χ4n) is 2.64. The van der Waals surface area contributed by atoms with Gasteiger partial charge in [-0.1, -0.05) is 23.2 Å². The first-order valence-electron chi connectivity index (χ1n) is 11.1. The van der Waals surface area contributed by atoms with Gasteiger partial charge < -0.3 is 42.2 Å². The summed E-state index contributed by atoms with van der Waals surface area (Å²) in [7, 11) is 0. The van der Waals surface area contributed by atoms with E-state index >= 15 is 0 Å². The minimum Gasteiger partial charge on any atom is -0.481 e. The number of guanidine groups is 1. The van der Waals surface area contributed by atoms with Crippen LogP contribution < -0.4 is 22.1 Å². The quantitative estimate of drug-likeness (QED) is 0.0251. The Kier molecular flexibility index (Phi) is 16.7. The number of carbonyl (C=O) groups excluding carboxylic acids is 2. The number of aliphatic hydroxyl groups excluding tert-OH is 1. The first-order chi connectivity index (χ1) is 18.1. The molecular formula is C21H30Cl2N6O10. The second kappa shape index (κ2) is 18.5. The minimum atomic E-state index is -1.43. The van der Waals surface area contributed by atoms with Gasteiger partial charge in [0.1, 0.15) is 18.8 Å². The zero-order valence-electron chi connectivity index (χ0n) is 20.4. The number of carbonyl (C=O) groups is 4. The molecule has 0 aromatic heterocycles. The van der Waals surface area contributed by atoms with Crippen molar-refractivity contribution in [3.8, 4) is 0 Å². The van der Waals surface area contributed by atoms with E-state index in [0.29, 0.717) is 13.0 Å². The third kappa shape index (κ3) is 16.0. The van der Waals surface area contributed by atoms with Gasteiger partial charge in [0.25, 0.3) is 11.6 Å². The van der Waals surface area contributed by atoms with Gasteiger partial charge in [-0.15, -0.1) is 0 Å². The molecule has 0 aliphatic rings. The summed E-state index contributed by atoms with van der Waals surface area (Å²) in [6.45, 7) is -0.108. The average molecular weight is 597 g/mol. The number of esters is 1. The van der Waals surface area contributed by atoms with Gasteiger partial charge in [-0.25, -0.2) is 0 Å². The first-order valence-corrected chi connectivity index (χ1v) is 12.0. The molecule has 0 radical (unpaired) electrons. The Morgan fingerprint density at radius 2 is 1.64 bits per heavy atom. The van der Waals surface area contributed by atoms with Crippen molar-refractivity contribution in [3.63, 3.8) is 0 Å². The molecule has 3 atom stereocenters. The average Bonchev–Trinajstić information content (AvgIpc) is 2.87. The van der Waals surface area contributed by atoms with Gasteiger partial charge in [0.05, 0.1) is 23.8 Å². The molecule has 0 aliphatic carbocycles. The van der Waals surface area contributed by atoms with Crippen molar-refractivity contribution >= 4 is 58.7 Å². The number of nitro groups is 1. The summed E-state index contributed by atoms with van der Waals surface area (Å²) in [6.07, 6.45) is -1.29. The molecule has 1 aromatic carbocycles. The number of nitrogens with two attached hydrogens (primary N) is 2. The van der Waals surface area contributed by atoms with Crippen LogP contribution >= 0.6 is 23.2 Å². The fraction of sp³-hybridized carbons (Fsp3) is 0.476. The topological polar surface area (TPSA) is 281 Å². The molecule has 1 aromatic rings. The lowest BCUT2D eigenvalue weighted by atomic mass is 10.0. The number of ether oxygens (including phenoxy) is 1. The summed E-state index contributed by atoms with van der Waals surface area (Å²) in [5.74, 6) is -3.96. The molecule has 0 aliphatic heterocycles. The highest BCUT2D eigenvalue weighted by Crippen LogP contribution is 2.21. The standard InChI is InChI=1S/C17H24Cl2N6O6.C4H6O4/c18-14(19)15(27)24-12(13(26)9-3-5-10(6-4-9)25(29)30)8-31-16(28)11(20)2-1-7-23-17(21)22;5-3(6)1-2-4(7)8/h3-6,11-14,26H,1-2,7-8,20H2,(H,24,27)(H4,21,22,23);1-2H2,(H,5,6)(H,7,8)/t11-,12+,13+;/m0./s1. The molecule has 16 nitrogen and oxygen atoms in total. The summed E-state index contributed by atoms with van der Waals surface area (Å²) in [5.41, 5.74) is 11.0. The molecule has 0 heterocycles. The maximum absolute atomic E-state index is 12.1. The number of nitrogens with zero attached hydrogens (tertiary/aromatic N) is 1. The highest BCUT2D eigenvalue weighted by atomic mass is 35.5. The highest BCUT2D eigenvalue weighted by molar-refractivity contribution is 6.53. The summed E-state index contributed by atoms with van der Waals surface area (Å²) in [6, 6.07) is 2.84. The Hall–Kier alpha value is -3.73. The number of carboxylic acid groups (broad SMARTS) is 2. The number of benzene rings is 1. The molecule has 0 fully saturated rings. The van der Waals surface area contributed by atoms with E-state index in [1.54, 1.807) is 0 Å². The number of aliphatic carboxylic acids is 2. The van der Waals surface area contributed by atoms with Crippen LogP contribution in [-0.4, -0.2) is 80.1 Å². The van der Waals surface area contributed by atoms with Crippen LogP contribution in [0.25, 0.3) is 0 Å². The first kappa shape index (κ1) is 35.3. The maximum atomic E-state index is 12.1. The summed E-state index contributed by atoms with van der Waals surface area (Å²) in [5, 5.41) is 49.1. The Morgan fingerprint density at radius 1 is 1.10 bits per heavy atom. The van der Waals surface area contributed by atoms with Crippen LogP contribution in [0, 0.1) is 15.5 Å². The van der Waals surface area contributed by atoms with Crippen LogP contribution in [-0.2, 0) is 23.9 Å². The summed E-state index contributed by atoms with van der Waals surface area (Å²) >= 11 is 11.0. The molecular weight excluding hydrogens is 567 g/mol. The Morgan fingerprint density at radius 3 is 2.08 bits per heavy atom. The number of amides is 1. The molecule has 10 N–H and O–H groups in total. The van der Waals surface area contributed by atoms with Crippen LogP contribution in [0.15, 0.2) is 24.3 Å². The van der Waals surface area contributed by atoms with Crippen LogP contribution in [0.2, 0.25) is 0 Å². The monoisotopic (exact) mass is 596 g/mol.